The van der Waals surface area contributed by atoms with Gasteiger partial charge in [-0.2, -0.15) is 9.61 Å². The Balaban J connectivity index is 1.33. The van der Waals surface area contributed by atoms with E-state index in [1.54, 1.807) is 17.0 Å². The van der Waals surface area contributed by atoms with Crippen LogP contribution in [-0.2, 0) is 0 Å². The van der Waals surface area contributed by atoms with Crippen LogP contribution < -0.4 is 4.74 Å². The van der Waals surface area contributed by atoms with E-state index in [1.807, 2.05) is 36.5 Å². The molecule has 4 heterocycles. The van der Waals surface area contributed by atoms with E-state index in [0.717, 1.165) is 47.4 Å². The predicted molar refractivity (Wildman–Crippen MR) is 107 cm³/mol. The van der Waals surface area contributed by atoms with E-state index in [4.69, 9.17) is 9.84 Å². The van der Waals surface area contributed by atoms with Gasteiger partial charge < -0.3 is 9.64 Å². The summed E-state index contributed by atoms with van der Waals surface area (Å²) in [5.41, 5.74) is 2.62. The molecule has 0 amide bonds. The minimum atomic E-state index is 0.713. The Labute approximate surface area is 163 Å². The molecule has 28 heavy (non-hydrogen) atoms. The average Bonchev–Trinajstić information content (AvgIpc) is 3.43. The summed E-state index contributed by atoms with van der Waals surface area (Å²) in [6.07, 6.45) is 8.93. The number of rotatable bonds is 6. The van der Waals surface area contributed by atoms with E-state index in [-0.39, 0.29) is 0 Å². The summed E-state index contributed by atoms with van der Waals surface area (Å²) in [4.78, 5) is 6.74. The first-order valence-corrected chi connectivity index (χ1v) is 9.78. The third-order valence-corrected chi connectivity index (χ3v) is 5.27. The van der Waals surface area contributed by atoms with Crippen molar-refractivity contribution in [3.05, 3.63) is 49.1 Å². The second-order valence-electron chi connectivity index (χ2n) is 7.14. The van der Waals surface area contributed by atoms with Gasteiger partial charge in [0.25, 0.3) is 0 Å². The average molecular weight is 374 g/mol. The highest BCUT2D eigenvalue weighted by atomic mass is 16.5. The molecule has 5 rings (SSSR count). The maximum atomic E-state index is 5.92. The van der Waals surface area contributed by atoms with Gasteiger partial charge in [0.2, 0.25) is 0 Å². The number of fused-ring (bicyclic) bond motifs is 3. The number of hydrogen-bond donors (Lipinski definition) is 0. The maximum Gasteiger partial charge on any atom is 0.186 e. The van der Waals surface area contributed by atoms with Crippen LogP contribution in [0.3, 0.4) is 0 Å². The molecular formula is C21H22N6O. The molecule has 0 atom stereocenters. The molecule has 142 valence electrons. The minimum Gasteiger partial charge on any atom is -0.494 e. The lowest BCUT2D eigenvalue weighted by molar-refractivity contribution is 0.263. The van der Waals surface area contributed by atoms with Crippen LogP contribution in [0.4, 0.5) is 0 Å². The summed E-state index contributed by atoms with van der Waals surface area (Å²) in [6.45, 7) is 4.35. The maximum absolute atomic E-state index is 5.92. The Hall–Kier alpha value is -3.06. The predicted octanol–water partition coefficient (Wildman–Crippen LogP) is 3.20. The van der Waals surface area contributed by atoms with E-state index in [1.165, 1.54) is 25.9 Å². The largest absolute Gasteiger partial charge is 0.494 e. The Morgan fingerprint density at radius 3 is 2.71 bits per heavy atom. The molecule has 1 aliphatic heterocycles. The Morgan fingerprint density at radius 2 is 1.86 bits per heavy atom. The molecule has 1 aromatic carbocycles. The summed E-state index contributed by atoms with van der Waals surface area (Å²) in [7, 11) is 0. The van der Waals surface area contributed by atoms with Gasteiger partial charge in [0, 0.05) is 35.3 Å². The number of nitrogens with zero attached hydrogens (tertiary/aromatic N) is 6. The second-order valence-corrected chi connectivity index (χ2v) is 7.14. The van der Waals surface area contributed by atoms with E-state index in [9.17, 15) is 0 Å². The van der Waals surface area contributed by atoms with Crippen molar-refractivity contribution in [2.45, 2.75) is 19.3 Å². The van der Waals surface area contributed by atoms with Gasteiger partial charge in [-0.05, 0) is 62.7 Å². The minimum absolute atomic E-state index is 0.713. The van der Waals surface area contributed by atoms with Gasteiger partial charge in [-0.3, -0.25) is 4.98 Å². The number of hydrogen-bond acceptors (Lipinski definition) is 6. The van der Waals surface area contributed by atoms with Crippen molar-refractivity contribution in [2.75, 3.05) is 26.2 Å². The van der Waals surface area contributed by atoms with Gasteiger partial charge in [-0.1, -0.05) is 0 Å². The van der Waals surface area contributed by atoms with Crippen molar-refractivity contribution in [2.24, 2.45) is 0 Å². The fourth-order valence-corrected chi connectivity index (χ4v) is 3.83. The molecule has 7 nitrogen and oxygen atoms in total. The fourth-order valence-electron chi connectivity index (χ4n) is 3.83. The molecule has 0 unspecified atom stereocenters. The molecule has 0 radical (unpaired) electrons. The normalized spacial score (nSPS) is 14.9. The zero-order valence-corrected chi connectivity index (χ0v) is 15.7. The van der Waals surface area contributed by atoms with Crippen molar-refractivity contribution in [1.29, 1.82) is 0 Å². The molecule has 1 fully saturated rings. The fraction of sp³-hybridized carbons (Fsp3) is 0.333. The van der Waals surface area contributed by atoms with Gasteiger partial charge in [-0.25, -0.2) is 0 Å². The van der Waals surface area contributed by atoms with Gasteiger partial charge in [-0.15, -0.1) is 10.2 Å². The first-order valence-electron chi connectivity index (χ1n) is 9.78. The standard InChI is InChI=1S/C21H22N6O/c1-2-11-26(10-1)12-3-13-28-17-6-4-16(5-7-17)20-18-8-9-22-14-19(18)21-24-23-15-27(21)25-20/h4-9,14-15H,1-3,10-13H2. The van der Waals surface area contributed by atoms with Crippen molar-refractivity contribution < 1.29 is 4.74 Å². The van der Waals surface area contributed by atoms with Gasteiger partial charge in [0.1, 0.15) is 12.1 Å². The van der Waals surface area contributed by atoms with Crippen LogP contribution in [0.5, 0.6) is 5.75 Å². The highest BCUT2D eigenvalue weighted by Gasteiger charge is 2.12. The highest BCUT2D eigenvalue weighted by molar-refractivity contribution is 6.00. The first-order chi connectivity index (χ1) is 13.9. The number of ether oxygens (including phenoxy) is 1. The van der Waals surface area contributed by atoms with Crippen LogP contribution in [0.15, 0.2) is 49.1 Å². The zero-order chi connectivity index (χ0) is 18.8. The highest BCUT2D eigenvalue weighted by Crippen LogP contribution is 2.29. The first kappa shape index (κ1) is 17.1. The van der Waals surface area contributed by atoms with Crippen molar-refractivity contribution in [3.8, 4) is 17.0 Å². The zero-order valence-electron chi connectivity index (χ0n) is 15.7. The monoisotopic (exact) mass is 374 g/mol. The van der Waals surface area contributed by atoms with Crippen LogP contribution in [0.25, 0.3) is 27.7 Å². The van der Waals surface area contributed by atoms with Crippen LogP contribution in [-0.4, -0.2) is 55.9 Å². The van der Waals surface area contributed by atoms with Crippen LogP contribution >= 0.6 is 0 Å². The van der Waals surface area contributed by atoms with Crippen LogP contribution in [0.2, 0.25) is 0 Å². The van der Waals surface area contributed by atoms with E-state index in [2.05, 4.69) is 20.1 Å². The SMILES string of the molecule is c1cc2c(-c3ccc(OCCCN4CCCC4)cc3)nn3cnnc3c2cn1. The van der Waals surface area contributed by atoms with E-state index >= 15 is 0 Å². The third kappa shape index (κ3) is 3.29. The van der Waals surface area contributed by atoms with E-state index < -0.39 is 0 Å². The van der Waals surface area contributed by atoms with Crippen molar-refractivity contribution in [3.63, 3.8) is 0 Å². The van der Waals surface area contributed by atoms with Crippen LogP contribution in [0.1, 0.15) is 19.3 Å². The molecular weight excluding hydrogens is 352 g/mol. The molecule has 3 aromatic heterocycles. The molecule has 0 bridgehead atoms. The molecule has 0 aliphatic carbocycles. The number of benzene rings is 1. The van der Waals surface area contributed by atoms with Crippen molar-refractivity contribution >= 4 is 16.4 Å². The van der Waals surface area contributed by atoms with Gasteiger partial charge >= 0.3 is 0 Å². The topological polar surface area (TPSA) is 68.4 Å². The number of pyridine rings is 1. The van der Waals surface area contributed by atoms with Gasteiger partial charge in [0.05, 0.1) is 12.3 Å². The molecule has 0 saturated carbocycles. The summed E-state index contributed by atoms with van der Waals surface area (Å²) in [6, 6.07) is 10.1. The lowest BCUT2D eigenvalue weighted by Crippen LogP contribution is -2.21. The third-order valence-electron chi connectivity index (χ3n) is 5.27. The number of likely N-dealkylation sites (tertiary alicyclic amines) is 1. The Morgan fingerprint density at radius 1 is 1.00 bits per heavy atom. The molecule has 1 aliphatic rings. The Bertz CT molecular complexity index is 1090. The molecule has 0 spiro atoms. The molecule has 1 saturated heterocycles. The lowest BCUT2D eigenvalue weighted by Gasteiger charge is -2.14. The van der Waals surface area contributed by atoms with E-state index in [0.29, 0.717) is 5.65 Å². The molecule has 4 aromatic rings. The second kappa shape index (κ2) is 7.52. The van der Waals surface area contributed by atoms with Gasteiger partial charge in [0.15, 0.2) is 5.65 Å². The summed E-state index contributed by atoms with van der Waals surface area (Å²) >= 11 is 0. The molecule has 0 N–H and O–H groups in total. The quantitative estimate of drug-likeness (QED) is 0.483. The van der Waals surface area contributed by atoms with Crippen LogP contribution in [0, 0.1) is 0 Å². The summed E-state index contributed by atoms with van der Waals surface area (Å²) in [5, 5.41) is 14.8. The smallest absolute Gasteiger partial charge is 0.186 e. The lowest BCUT2D eigenvalue weighted by atomic mass is 10.1. The molecule has 7 heteroatoms. The summed E-state index contributed by atoms with van der Waals surface area (Å²) in [5.74, 6) is 0.890. The number of aromatic nitrogens is 5. The van der Waals surface area contributed by atoms with Crippen molar-refractivity contribution in [1.82, 2.24) is 29.7 Å². The Kier molecular flexibility index (Phi) is 4.58. The summed E-state index contributed by atoms with van der Waals surface area (Å²) < 4.78 is 7.62.